The Bertz CT molecular complexity index is 821. The van der Waals surface area contributed by atoms with Gasteiger partial charge in [-0.05, 0) is 55.4 Å². The van der Waals surface area contributed by atoms with E-state index in [0.29, 0.717) is 5.82 Å². The molecular weight excluding hydrogens is 315 g/mol. The smallest absolute Gasteiger partial charge is 0.166 e. The van der Waals surface area contributed by atoms with Crippen molar-refractivity contribution >= 4 is 17.3 Å². The number of halogens is 1. The zero-order chi connectivity index (χ0) is 18.0. The SMILES string of the molecule is CC[C@H](Nc1nc(Nc2cccc(C)c2)c(C#N)cc1F)C1(C)CC1. The van der Waals surface area contributed by atoms with Gasteiger partial charge >= 0.3 is 0 Å². The van der Waals surface area contributed by atoms with Crippen molar-refractivity contribution in [2.24, 2.45) is 5.41 Å². The first-order valence-electron chi connectivity index (χ1n) is 8.66. The van der Waals surface area contributed by atoms with E-state index in [1.807, 2.05) is 37.3 Å². The van der Waals surface area contributed by atoms with Crippen LogP contribution in [-0.2, 0) is 0 Å². The van der Waals surface area contributed by atoms with Gasteiger partial charge in [-0.2, -0.15) is 5.26 Å². The number of rotatable bonds is 6. The Hall–Kier alpha value is -2.61. The van der Waals surface area contributed by atoms with Crippen LogP contribution in [0.2, 0.25) is 0 Å². The molecule has 0 amide bonds. The van der Waals surface area contributed by atoms with Crippen LogP contribution in [0.25, 0.3) is 0 Å². The molecule has 1 heterocycles. The van der Waals surface area contributed by atoms with Gasteiger partial charge in [-0.3, -0.25) is 0 Å². The predicted octanol–water partition coefficient (Wildman–Crippen LogP) is 5.14. The Morgan fingerprint density at radius 3 is 2.68 bits per heavy atom. The van der Waals surface area contributed by atoms with Crippen LogP contribution in [0.15, 0.2) is 30.3 Å². The first-order chi connectivity index (χ1) is 11.9. The van der Waals surface area contributed by atoms with Crippen molar-refractivity contribution in [3.63, 3.8) is 0 Å². The molecule has 0 spiro atoms. The highest BCUT2D eigenvalue weighted by Gasteiger charge is 2.44. The number of hydrogen-bond donors (Lipinski definition) is 2. The zero-order valence-corrected chi connectivity index (χ0v) is 14.9. The molecule has 0 saturated heterocycles. The van der Waals surface area contributed by atoms with Gasteiger partial charge in [0.25, 0.3) is 0 Å². The predicted molar refractivity (Wildman–Crippen MR) is 98.4 cm³/mol. The maximum absolute atomic E-state index is 14.4. The van der Waals surface area contributed by atoms with Crippen LogP contribution < -0.4 is 10.6 Å². The van der Waals surface area contributed by atoms with E-state index < -0.39 is 5.82 Å². The molecule has 1 fully saturated rings. The van der Waals surface area contributed by atoms with Gasteiger partial charge in [0.05, 0.1) is 5.56 Å². The third-order valence-electron chi connectivity index (χ3n) is 4.98. The van der Waals surface area contributed by atoms with Crippen molar-refractivity contribution in [1.29, 1.82) is 5.26 Å². The van der Waals surface area contributed by atoms with E-state index in [9.17, 15) is 9.65 Å². The topological polar surface area (TPSA) is 60.7 Å². The number of aromatic nitrogens is 1. The van der Waals surface area contributed by atoms with E-state index in [-0.39, 0.29) is 22.8 Å². The lowest BCUT2D eigenvalue weighted by atomic mass is 9.96. The molecule has 1 aromatic heterocycles. The largest absolute Gasteiger partial charge is 0.364 e. The minimum Gasteiger partial charge on any atom is -0.364 e. The summed E-state index contributed by atoms with van der Waals surface area (Å²) in [5.74, 6) is 0.0796. The minimum atomic E-state index is -0.492. The highest BCUT2D eigenvalue weighted by molar-refractivity contribution is 5.65. The fourth-order valence-electron chi connectivity index (χ4n) is 3.11. The van der Waals surface area contributed by atoms with Crippen LogP contribution >= 0.6 is 0 Å². The van der Waals surface area contributed by atoms with Gasteiger partial charge in [0.1, 0.15) is 6.07 Å². The highest BCUT2D eigenvalue weighted by Crippen LogP contribution is 2.50. The summed E-state index contributed by atoms with van der Waals surface area (Å²) in [5, 5.41) is 15.7. The van der Waals surface area contributed by atoms with Crippen LogP contribution in [-0.4, -0.2) is 11.0 Å². The van der Waals surface area contributed by atoms with Gasteiger partial charge in [-0.15, -0.1) is 0 Å². The zero-order valence-electron chi connectivity index (χ0n) is 14.9. The van der Waals surface area contributed by atoms with Crippen molar-refractivity contribution in [3.8, 4) is 6.07 Å². The summed E-state index contributed by atoms with van der Waals surface area (Å²) >= 11 is 0. The molecule has 1 atom stereocenters. The third kappa shape index (κ3) is 3.74. The van der Waals surface area contributed by atoms with E-state index in [2.05, 4.69) is 29.5 Å². The van der Waals surface area contributed by atoms with Crippen molar-refractivity contribution < 1.29 is 4.39 Å². The van der Waals surface area contributed by atoms with Crippen molar-refractivity contribution in [3.05, 3.63) is 47.3 Å². The van der Waals surface area contributed by atoms with Gasteiger partial charge < -0.3 is 10.6 Å². The number of nitrogens with one attached hydrogen (secondary N) is 2. The van der Waals surface area contributed by atoms with Gasteiger partial charge in [0.15, 0.2) is 17.5 Å². The van der Waals surface area contributed by atoms with Crippen LogP contribution in [0, 0.1) is 29.5 Å². The molecule has 0 radical (unpaired) electrons. The fourth-order valence-corrected chi connectivity index (χ4v) is 3.11. The molecule has 5 heteroatoms. The molecule has 0 unspecified atom stereocenters. The van der Waals surface area contributed by atoms with Crippen LogP contribution in [0.5, 0.6) is 0 Å². The summed E-state index contributed by atoms with van der Waals surface area (Å²) < 4.78 is 14.4. The Morgan fingerprint density at radius 2 is 2.08 bits per heavy atom. The third-order valence-corrected chi connectivity index (χ3v) is 4.98. The second kappa shape index (κ2) is 6.72. The number of nitriles is 1. The molecule has 4 nitrogen and oxygen atoms in total. The van der Waals surface area contributed by atoms with Crippen molar-refractivity contribution in [1.82, 2.24) is 4.98 Å². The van der Waals surface area contributed by atoms with Gasteiger partial charge in [-0.1, -0.05) is 26.0 Å². The van der Waals surface area contributed by atoms with E-state index in [1.165, 1.54) is 6.07 Å². The van der Waals surface area contributed by atoms with Crippen LogP contribution in [0.1, 0.15) is 44.2 Å². The molecule has 0 aliphatic heterocycles. The normalized spacial score (nSPS) is 16.0. The van der Waals surface area contributed by atoms with Crippen molar-refractivity contribution in [2.75, 3.05) is 10.6 Å². The standard InChI is InChI=1S/C20H23FN4/c1-4-17(20(3)8-9-20)24-19-16(21)11-14(12-22)18(25-19)23-15-7-5-6-13(2)10-15/h5-7,10-11,17H,4,8-9H2,1-3H3,(H2,23,24,25)/t17-/m0/s1. The first-order valence-corrected chi connectivity index (χ1v) is 8.66. The first kappa shape index (κ1) is 17.2. The monoisotopic (exact) mass is 338 g/mol. The summed E-state index contributed by atoms with van der Waals surface area (Å²) in [6.45, 7) is 6.29. The quantitative estimate of drug-likeness (QED) is 0.766. The number of hydrogen-bond acceptors (Lipinski definition) is 4. The number of nitrogens with zero attached hydrogens (tertiary/aromatic N) is 2. The van der Waals surface area contributed by atoms with E-state index in [0.717, 1.165) is 30.5 Å². The molecule has 2 aromatic rings. The molecule has 25 heavy (non-hydrogen) atoms. The lowest BCUT2D eigenvalue weighted by Gasteiger charge is -2.24. The number of benzene rings is 1. The molecule has 1 aromatic carbocycles. The summed E-state index contributed by atoms with van der Waals surface area (Å²) in [5.41, 5.74) is 2.32. The summed E-state index contributed by atoms with van der Waals surface area (Å²) in [6, 6.07) is 11.2. The maximum atomic E-state index is 14.4. The van der Waals surface area contributed by atoms with Crippen molar-refractivity contribution in [2.45, 2.75) is 46.1 Å². The minimum absolute atomic E-state index is 0.175. The average Bonchev–Trinajstić information content (AvgIpc) is 3.33. The van der Waals surface area contributed by atoms with E-state index in [4.69, 9.17) is 0 Å². The molecule has 0 bridgehead atoms. The average molecular weight is 338 g/mol. The molecule has 1 aliphatic carbocycles. The number of pyridine rings is 1. The lowest BCUT2D eigenvalue weighted by molar-refractivity contribution is 0.448. The molecule has 3 rings (SSSR count). The molecular formula is C20H23FN4. The lowest BCUT2D eigenvalue weighted by Crippen LogP contribution is -2.29. The molecule has 130 valence electrons. The van der Waals surface area contributed by atoms with Gasteiger partial charge in [0.2, 0.25) is 0 Å². The van der Waals surface area contributed by atoms with Crippen LogP contribution in [0.3, 0.4) is 0 Å². The molecule has 1 aliphatic rings. The van der Waals surface area contributed by atoms with Gasteiger partial charge in [0, 0.05) is 11.7 Å². The summed E-state index contributed by atoms with van der Waals surface area (Å²) in [4.78, 5) is 4.38. The Kier molecular flexibility index (Phi) is 4.63. The number of anilines is 3. The second-order valence-electron chi connectivity index (χ2n) is 7.08. The fraction of sp³-hybridized carbons (Fsp3) is 0.400. The van der Waals surface area contributed by atoms with E-state index >= 15 is 0 Å². The maximum Gasteiger partial charge on any atom is 0.166 e. The van der Waals surface area contributed by atoms with E-state index in [1.54, 1.807) is 0 Å². The molecule has 2 N–H and O–H groups in total. The Balaban J connectivity index is 1.91. The number of aryl methyl sites for hydroxylation is 1. The molecule has 1 saturated carbocycles. The van der Waals surface area contributed by atoms with Crippen LogP contribution in [0.4, 0.5) is 21.7 Å². The Morgan fingerprint density at radius 1 is 1.32 bits per heavy atom. The second-order valence-corrected chi connectivity index (χ2v) is 7.08. The summed E-state index contributed by atoms with van der Waals surface area (Å²) in [6.07, 6.45) is 3.19. The summed E-state index contributed by atoms with van der Waals surface area (Å²) in [7, 11) is 0. The Labute approximate surface area is 148 Å². The highest BCUT2D eigenvalue weighted by atomic mass is 19.1. The van der Waals surface area contributed by atoms with Gasteiger partial charge in [-0.25, -0.2) is 9.37 Å².